The molecule has 0 spiro atoms. The Morgan fingerprint density at radius 2 is 2.05 bits per heavy atom. The lowest BCUT2D eigenvalue weighted by atomic mass is 9.51. The molecule has 0 amide bonds. The topological polar surface area (TPSA) is 9.23 Å². The zero-order chi connectivity index (χ0) is 14.7. The minimum atomic E-state index is 0.321. The molecule has 1 nitrogen and oxygen atoms in total. The maximum absolute atomic E-state index is 5.60. The minimum absolute atomic E-state index is 0.321. The van der Waals surface area contributed by atoms with Crippen LogP contribution in [0.15, 0.2) is 23.8 Å². The van der Waals surface area contributed by atoms with Crippen molar-refractivity contribution >= 4 is 0 Å². The average molecular weight is 286 g/mol. The Morgan fingerprint density at radius 3 is 2.86 bits per heavy atom. The van der Waals surface area contributed by atoms with E-state index in [0.29, 0.717) is 16.9 Å². The van der Waals surface area contributed by atoms with E-state index in [2.05, 4.69) is 32.1 Å². The molecule has 2 saturated carbocycles. The van der Waals surface area contributed by atoms with Gasteiger partial charge in [0, 0.05) is 12.5 Å². The first-order valence-corrected chi connectivity index (χ1v) is 8.99. The lowest BCUT2D eigenvalue weighted by Crippen LogP contribution is -2.46. The van der Waals surface area contributed by atoms with Crippen LogP contribution in [0.1, 0.15) is 58.8 Å². The van der Waals surface area contributed by atoms with Gasteiger partial charge in [0.1, 0.15) is 0 Å². The van der Waals surface area contributed by atoms with Gasteiger partial charge in [0.2, 0.25) is 0 Å². The zero-order valence-corrected chi connectivity index (χ0v) is 13.9. The maximum Gasteiger partial charge on any atom is 0.0755 e. The van der Waals surface area contributed by atoms with E-state index in [-0.39, 0.29) is 0 Å². The molecule has 0 aromatic carbocycles. The van der Waals surface area contributed by atoms with Gasteiger partial charge in [-0.05, 0) is 61.7 Å². The van der Waals surface area contributed by atoms with Gasteiger partial charge in [-0.25, -0.2) is 0 Å². The third kappa shape index (κ3) is 1.92. The highest BCUT2D eigenvalue weighted by molar-refractivity contribution is 5.33. The summed E-state index contributed by atoms with van der Waals surface area (Å²) in [5.41, 5.74) is 2.74. The summed E-state index contributed by atoms with van der Waals surface area (Å²) in [7, 11) is 1.85. The molecule has 4 aliphatic carbocycles. The maximum atomic E-state index is 5.60. The highest BCUT2D eigenvalue weighted by atomic mass is 16.5. The van der Waals surface area contributed by atoms with E-state index >= 15 is 0 Å². The summed E-state index contributed by atoms with van der Waals surface area (Å²) in [6, 6.07) is 0. The Kier molecular flexibility index (Phi) is 3.16. The van der Waals surface area contributed by atoms with Crippen LogP contribution in [0.2, 0.25) is 0 Å². The number of hydrogen-bond acceptors (Lipinski definition) is 1. The van der Waals surface area contributed by atoms with E-state index in [9.17, 15) is 0 Å². The van der Waals surface area contributed by atoms with E-state index < -0.39 is 0 Å². The van der Waals surface area contributed by atoms with Crippen LogP contribution in [0.3, 0.4) is 0 Å². The molecule has 0 aliphatic heterocycles. The van der Waals surface area contributed by atoms with Crippen molar-refractivity contribution in [2.45, 2.75) is 64.9 Å². The Balaban J connectivity index is 1.71. The highest BCUT2D eigenvalue weighted by Crippen LogP contribution is 2.63. The predicted octanol–water partition coefficient (Wildman–Crippen LogP) is 5.13. The summed E-state index contributed by atoms with van der Waals surface area (Å²) >= 11 is 0. The van der Waals surface area contributed by atoms with Gasteiger partial charge < -0.3 is 4.74 Å². The second-order valence-corrected chi connectivity index (χ2v) is 8.55. The molecule has 2 fully saturated rings. The molecular formula is C20H30O. The normalized spacial score (nSPS) is 51.9. The van der Waals surface area contributed by atoms with Crippen molar-refractivity contribution in [2.75, 3.05) is 7.11 Å². The van der Waals surface area contributed by atoms with Gasteiger partial charge in [-0.15, -0.1) is 0 Å². The molecule has 0 bridgehead atoms. The van der Waals surface area contributed by atoms with E-state index in [1.165, 1.54) is 44.9 Å². The van der Waals surface area contributed by atoms with Crippen LogP contribution < -0.4 is 0 Å². The Morgan fingerprint density at radius 1 is 1.19 bits per heavy atom. The van der Waals surface area contributed by atoms with E-state index in [4.69, 9.17) is 4.74 Å². The van der Waals surface area contributed by atoms with Crippen LogP contribution >= 0.6 is 0 Å². The summed E-state index contributed by atoms with van der Waals surface area (Å²) < 4.78 is 5.60. The standard InChI is InChI=1S/C20H30O/c1-19-10-4-5-17(19)16-7-6-14-13-15(21-3)8-12-20(14,2)18(16)9-11-19/h8-9,12,14-17H,4-7,10-11,13H2,1-3H3/t14?,15?,16-,17-,19-,20-/m0/s1. The number of rotatable bonds is 1. The first kappa shape index (κ1) is 14.1. The second-order valence-electron chi connectivity index (χ2n) is 8.55. The summed E-state index contributed by atoms with van der Waals surface area (Å²) in [6.07, 6.45) is 17.6. The van der Waals surface area contributed by atoms with Crippen LogP contribution in [0.5, 0.6) is 0 Å². The fourth-order valence-electron chi connectivity index (χ4n) is 6.24. The van der Waals surface area contributed by atoms with Crippen LogP contribution in [0.4, 0.5) is 0 Å². The lowest BCUT2D eigenvalue weighted by Gasteiger charge is -2.54. The molecule has 0 aromatic rings. The summed E-state index contributed by atoms with van der Waals surface area (Å²) in [4.78, 5) is 0. The number of allylic oxidation sites excluding steroid dienone is 3. The third-order valence-corrected chi connectivity index (χ3v) is 7.60. The number of ether oxygens (including phenoxy) is 1. The van der Waals surface area contributed by atoms with E-state index in [1.807, 2.05) is 7.11 Å². The molecule has 0 aromatic heterocycles. The number of methoxy groups -OCH3 is 1. The first-order chi connectivity index (χ1) is 10.1. The largest absolute Gasteiger partial charge is 0.377 e. The monoisotopic (exact) mass is 286 g/mol. The van der Waals surface area contributed by atoms with Crippen LogP contribution in [0.25, 0.3) is 0 Å². The molecule has 0 saturated heterocycles. The van der Waals surface area contributed by atoms with Crippen molar-refractivity contribution in [2.24, 2.45) is 28.6 Å². The van der Waals surface area contributed by atoms with Crippen molar-refractivity contribution in [3.8, 4) is 0 Å². The minimum Gasteiger partial charge on any atom is -0.377 e. The van der Waals surface area contributed by atoms with Crippen LogP contribution in [-0.2, 0) is 4.74 Å². The van der Waals surface area contributed by atoms with Crippen LogP contribution in [-0.4, -0.2) is 13.2 Å². The summed E-state index contributed by atoms with van der Waals surface area (Å²) in [6.45, 7) is 5.07. The van der Waals surface area contributed by atoms with Crippen molar-refractivity contribution in [1.29, 1.82) is 0 Å². The van der Waals surface area contributed by atoms with Gasteiger partial charge in [-0.2, -0.15) is 0 Å². The summed E-state index contributed by atoms with van der Waals surface area (Å²) in [5, 5.41) is 0. The summed E-state index contributed by atoms with van der Waals surface area (Å²) in [5.74, 6) is 2.63. The first-order valence-electron chi connectivity index (χ1n) is 8.99. The smallest absolute Gasteiger partial charge is 0.0755 e. The molecule has 0 heterocycles. The Labute approximate surface area is 129 Å². The molecule has 2 unspecified atom stereocenters. The quantitative estimate of drug-likeness (QED) is 0.607. The molecule has 4 rings (SSSR count). The van der Waals surface area contributed by atoms with Crippen molar-refractivity contribution in [1.82, 2.24) is 0 Å². The average Bonchev–Trinajstić information content (AvgIpc) is 2.88. The Hall–Kier alpha value is -0.560. The highest BCUT2D eigenvalue weighted by Gasteiger charge is 2.53. The third-order valence-electron chi connectivity index (χ3n) is 7.60. The fourth-order valence-corrected chi connectivity index (χ4v) is 6.24. The molecule has 116 valence electrons. The SMILES string of the molecule is COC1C=C[C@]2(C)C3=CC[C@]4(C)CCC[C@H]4[C@@H]3CCC2C1. The van der Waals surface area contributed by atoms with Crippen molar-refractivity contribution in [3.05, 3.63) is 23.8 Å². The molecule has 1 heteroatoms. The molecule has 0 radical (unpaired) electrons. The van der Waals surface area contributed by atoms with Crippen molar-refractivity contribution in [3.63, 3.8) is 0 Å². The van der Waals surface area contributed by atoms with Crippen LogP contribution in [0, 0.1) is 28.6 Å². The van der Waals surface area contributed by atoms with Gasteiger partial charge >= 0.3 is 0 Å². The molecule has 6 atom stereocenters. The number of hydrogen-bond donors (Lipinski definition) is 0. The van der Waals surface area contributed by atoms with Gasteiger partial charge in [0.15, 0.2) is 0 Å². The van der Waals surface area contributed by atoms with Gasteiger partial charge in [0.05, 0.1) is 6.10 Å². The van der Waals surface area contributed by atoms with Gasteiger partial charge in [0.25, 0.3) is 0 Å². The van der Waals surface area contributed by atoms with Gasteiger partial charge in [-0.3, -0.25) is 0 Å². The van der Waals surface area contributed by atoms with Crippen molar-refractivity contribution < 1.29 is 4.74 Å². The number of fused-ring (bicyclic) bond motifs is 5. The van der Waals surface area contributed by atoms with E-state index in [1.54, 1.807) is 5.57 Å². The Bertz CT molecular complexity index is 490. The molecule has 4 aliphatic rings. The van der Waals surface area contributed by atoms with E-state index in [0.717, 1.165) is 17.8 Å². The van der Waals surface area contributed by atoms with Gasteiger partial charge in [-0.1, -0.05) is 44.1 Å². The zero-order valence-electron chi connectivity index (χ0n) is 13.9. The second kappa shape index (κ2) is 4.72. The molecular weight excluding hydrogens is 256 g/mol. The predicted molar refractivity (Wildman–Crippen MR) is 87.0 cm³/mol. The lowest BCUT2D eigenvalue weighted by molar-refractivity contribution is 0.0437. The fraction of sp³-hybridized carbons (Fsp3) is 0.800. The molecule has 0 N–H and O–H groups in total. The molecule has 21 heavy (non-hydrogen) atoms.